The maximum absolute atomic E-state index is 11.2. The van der Waals surface area contributed by atoms with Crippen LogP contribution in [0.15, 0.2) is 29.2 Å². The first-order chi connectivity index (χ1) is 8.59. The smallest absolute Gasteiger partial charge is 0.322 e. The molecule has 0 spiro atoms. The van der Waals surface area contributed by atoms with E-state index in [2.05, 4.69) is 24.4 Å². The van der Waals surface area contributed by atoms with E-state index in [-0.39, 0.29) is 12.5 Å². The Hall–Kier alpha value is -1.49. The van der Waals surface area contributed by atoms with Gasteiger partial charge in [-0.1, -0.05) is 18.2 Å². The van der Waals surface area contributed by atoms with Gasteiger partial charge in [-0.25, -0.2) is 0 Å². The van der Waals surface area contributed by atoms with Gasteiger partial charge in [-0.15, -0.1) is 11.8 Å². The number of aliphatic carboxylic acids is 1. The van der Waals surface area contributed by atoms with Crippen LogP contribution in [0.2, 0.25) is 0 Å². The summed E-state index contributed by atoms with van der Waals surface area (Å²) in [5.41, 5.74) is 1.23. The molecule has 5 heteroatoms. The van der Waals surface area contributed by atoms with Gasteiger partial charge >= 0.3 is 5.97 Å². The fourth-order valence-corrected chi connectivity index (χ4v) is 2.37. The van der Waals surface area contributed by atoms with Crippen LogP contribution in [-0.4, -0.2) is 29.3 Å². The molecule has 2 N–H and O–H groups in total. The SMILES string of the molecule is Cc1ccccc1SCCCC(=O)NCC(=O)O. The van der Waals surface area contributed by atoms with E-state index < -0.39 is 5.97 Å². The summed E-state index contributed by atoms with van der Waals surface area (Å²) >= 11 is 1.72. The third-order valence-corrected chi connectivity index (χ3v) is 3.60. The summed E-state index contributed by atoms with van der Waals surface area (Å²) < 4.78 is 0. The Morgan fingerprint density at radius 1 is 1.33 bits per heavy atom. The van der Waals surface area contributed by atoms with Crippen molar-refractivity contribution in [2.24, 2.45) is 0 Å². The van der Waals surface area contributed by atoms with Crippen LogP contribution in [0, 0.1) is 6.92 Å². The van der Waals surface area contributed by atoms with E-state index in [4.69, 9.17) is 5.11 Å². The van der Waals surface area contributed by atoms with Crippen LogP contribution < -0.4 is 5.32 Å². The highest BCUT2D eigenvalue weighted by molar-refractivity contribution is 7.99. The number of thioether (sulfide) groups is 1. The molecule has 1 amide bonds. The number of carbonyl (C=O) groups is 2. The molecule has 98 valence electrons. The van der Waals surface area contributed by atoms with Crippen LogP contribution in [0.3, 0.4) is 0 Å². The molecule has 18 heavy (non-hydrogen) atoms. The topological polar surface area (TPSA) is 66.4 Å². The maximum Gasteiger partial charge on any atom is 0.322 e. The number of amides is 1. The Morgan fingerprint density at radius 3 is 2.72 bits per heavy atom. The lowest BCUT2D eigenvalue weighted by molar-refractivity contribution is -0.137. The molecule has 0 aliphatic heterocycles. The number of hydrogen-bond acceptors (Lipinski definition) is 3. The summed E-state index contributed by atoms with van der Waals surface area (Å²) in [6.07, 6.45) is 1.11. The van der Waals surface area contributed by atoms with Crippen molar-refractivity contribution in [1.29, 1.82) is 0 Å². The van der Waals surface area contributed by atoms with Gasteiger partial charge in [0.05, 0.1) is 0 Å². The third kappa shape index (κ3) is 5.72. The zero-order chi connectivity index (χ0) is 13.4. The molecule has 0 fully saturated rings. The molecule has 1 aromatic rings. The number of aryl methyl sites for hydroxylation is 1. The average molecular weight is 267 g/mol. The molecule has 0 aliphatic carbocycles. The summed E-state index contributed by atoms with van der Waals surface area (Å²) in [4.78, 5) is 22.7. The van der Waals surface area contributed by atoms with Crippen molar-refractivity contribution in [3.8, 4) is 0 Å². The van der Waals surface area contributed by atoms with Crippen molar-refractivity contribution in [2.75, 3.05) is 12.3 Å². The summed E-state index contributed by atoms with van der Waals surface area (Å²) in [5.74, 6) is -0.369. The zero-order valence-electron chi connectivity index (χ0n) is 10.3. The number of carboxylic acid groups (broad SMARTS) is 1. The van der Waals surface area contributed by atoms with Crippen LogP contribution in [0.5, 0.6) is 0 Å². The molecular formula is C13H17NO3S. The Bertz CT molecular complexity index is 420. The minimum absolute atomic E-state index is 0.206. The molecular weight excluding hydrogens is 250 g/mol. The second kappa shape index (κ2) is 7.76. The highest BCUT2D eigenvalue weighted by Gasteiger charge is 2.04. The summed E-state index contributed by atoms with van der Waals surface area (Å²) in [6.45, 7) is 1.76. The number of benzene rings is 1. The maximum atomic E-state index is 11.2. The Labute approximate surface area is 111 Å². The zero-order valence-corrected chi connectivity index (χ0v) is 11.1. The molecule has 0 atom stereocenters. The van der Waals surface area contributed by atoms with E-state index in [1.165, 1.54) is 10.5 Å². The molecule has 0 saturated carbocycles. The first-order valence-electron chi connectivity index (χ1n) is 5.76. The quantitative estimate of drug-likeness (QED) is 0.586. The molecule has 0 aliphatic rings. The van der Waals surface area contributed by atoms with Crippen molar-refractivity contribution in [1.82, 2.24) is 5.32 Å². The Balaban J connectivity index is 2.17. The van der Waals surface area contributed by atoms with Gasteiger partial charge in [0, 0.05) is 11.3 Å². The minimum atomic E-state index is -1.02. The van der Waals surface area contributed by atoms with Gasteiger partial charge in [-0.3, -0.25) is 9.59 Å². The lowest BCUT2D eigenvalue weighted by Gasteiger charge is -2.05. The van der Waals surface area contributed by atoms with E-state index in [1.807, 2.05) is 12.1 Å². The molecule has 1 aromatic carbocycles. The van der Waals surface area contributed by atoms with E-state index in [9.17, 15) is 9.59 Å². The molecule has 0 bridgehead atoms. The van der Waals surface area contributed by atoms with Crippen LogP contribution in [0.1, 0.15) is 18.4 Å². The van der Waals surface area contributed by atoms with Gasteiger partial charge in [0.1, 0.15) is 6.54 Å². The fraction of sp³-hybridized carbons (Fsp3) is 0.385. The number of carboxylic acids is 1. The number of carbonyl (C=O) groups excluding carboxylic acids is 1. The van der Waals surface area contributed by atoms with Gasteiger partial charge in [-0.05, 0) is 30.7 Å². The van der Waals surface area contributed by atoms with Crippen LogP contribution in [-0.2, 0) is 9.59 Å². The Morgan fingerprint density at radius 2 is 2.06 bits per heavy atom. The van der Waals surface area contributed by atoms with Gasteiger partial charge < -0.3 is 10.4 Å². The van der Waals surface area contributed by atoms with Crippen molar-refractivity contribution in [3.05, 3.63) is 29.8 Å². The molecule has 0 aromatic heterocycles. The summed E-state index contributed by atoms with van der Waals surface area (Å²) in [6, 6.07) is 8.11. The molecule has 1 rings (SSSR count). The Kier molecular flexibility index (Phi) is 6.28. The van der Waals surface area contributed by atoms with E-state index in [0.717, 1.165) is 12.2 Å². The fourth-order valence-electron chi connectivity index (χ4n) is 1.40. The van der Waals surface area contributed by atoms with Crippen molar-refractivity contribution in [3.63, 3.8) is 0 Å². The van der Waals surface area contributed by atoms with Crippen LogP contribution in [0.4, 0.5) is 0 Å². The van der Waals surface area contributed by atoms with E-state index in [0.29, 0.717) is 6.42 Å². The predicted octanol–water partition coefficient (Wildman–Crippen LogP) is 2.07. The molecule has 0 saturated heterocycles. The largest absolute Gasteiger partial charge is 0.480 e. The number of nitrogens with one attached hydrogen (secondary N) is 1. The van der Waals surface area contributed by atoms with Gasteiger partial charge in [0.2, 0.25) is 5.91 Å². The molecule has 0 radical (unpaired) electrons. The van der Waals surface area contributed by atoms with Gasteiger partial charge in [-0.2, -0.15) is 0 Å². The third-order valence-electron chi connectivity index (χ3n) is 2.34. The second-order valence-electron chi connectivity index (χ2n) is 3.89. The first-order valence-corrected chi connectivity index (χ1v) is 6.75. The molecule has 0 unspecified atom stereocenters. The van der Waals surface area contributed by atoms with Crippen molar-refractivity contribution >= 4 is 23.6 Å². The van der Waals surface area contributed by atoms with Crippen molar-refractivity contribution in [2.45, 2.75) is 24.7 Å². The minimum Gasteiger partial charge on any atom is -0.480 e. The van der Waals surface area contributed by atoms with Crippen LogP contribution in [0.25, 0.3) is 0 Å². The highest BCUT2D eigenvalue weighted by atomic mass is 32.2. The normalized spacial score (nSPS) is 10.1. The average Bonchev–Trinajstić information content (AvgIpc) is 2.34. The van der Waals surface area contributed by atoms with Crippen molar-refractivity contribution < 1.29 is 14.7 Å². The number of rotatable bonds is 7. The molecule has 0 heterocycles. The monoisotopic (exact) mass is 267 g/mol. The van der Waals surface area contributed by atoms with Gasteiger partial charge in [0.15, 0.2) is 0 Å². The standard InChI is InChI=1S/C13H17NO3S/c1-10-5-2-3-6-11(10)18-8-4-7-12(15)14-9-13(16)17/h2-3,5-6H,4,7-9H2,1H3,(H,14,15)(H,16,17). The predicted molar refractivity (Wildman–Crippen MR) is 71.8 cm³/mol. The highest BCUT2D eigenvalue weighted by Crippen LogP contribution is 2.22. The van der Waals surface area contributed by atoms with Gasteiger partial charge in [0.25, 0.3) is 0 Å². The lowest BCUT2D eigenvalue weighted by atomic mass is 10.2. The van der Waals surface area contributed by atoms with E-state index >= 15 is 0 Å². The van der Waals surface area contributed by atoms with Crippen LogP contribution >= 0.6 is 11.8 Å². The lowest BCUT2D eigenvalue weighted by Crippen LogP contribution is -2.28. The summed E-state index contributed by atoms with van der Waals surface area (Å²) in [5, 5.41) is 10.7. The summed E-state index contributed by atoms with van der Waals surface area (Å²) in [7, 11) is 0. The van der Waals surface area contributed by atoms with E-state index in [1.54, 1.807) is 11.8 Å². The first kappa shape index (κ1) is 14.6. The number of hydrogen-bond donors (Lipinski definition) is 2. The molecule has 4 nitrogen and oxygen atoms in total. The second-order valence-corrected chi connectivity index (χ2v) is 5.02.